The van der Waals surface area contributed by atoms with Gasteiger partial charge in [-0.25, -0.2) is 0 Å². The predicted octanol–water partition coefficient (Wildman–Crippen LogP) is 1.82. The minimum atomic E-state index is -0.548. The molecule has 0 saturated heterocycles. The summed E-state index contributed by atoms with van der Waals surface area (Å²) in [4.78, 5) is 13.8. The number of aliphatic hydroxyl groups is 1. The van der Waals surface area contributed by atoms with Crippen LogP contribution in [-0.4, -0.2) is 41.2 Å². The molecule has 0 aromatic heterocycles. The van der Waals surface area contributed by atoms with Gasteiger partial charge in [0.05, 0.1) is 6.61 Å². The number of nitrogens with one attached hydrogen (secondary N) is 1. The summed E-state index contributed by atoms with van der Waals surface area (Å²) in [6.45, 7) is 0.247. The van der Waals surface area contributed by atoms with E-state index in [9.17, 15) is 9.90 Å². The molecule has 2 aromatic rings. The molecule has 0 bridgehead atoms. The molecule has 0 heterocycles. The van der Waals surface area contributed by atoms with Crippen molar-refractivity contribution in [3.05, 3.63) is 48.2 Å². The lowest BCUT2D eigenvalue weighted by molar-refractivity contribution is -0.112. The van der Waals surface area contributed by atoms with Crippen molar-refractivity contribution >= 4 is 22.4 Å². The molecule has 0 saturated carbocycles. The second kappa shape index (κ2) is 7.29. The minimum Gasteiger partial charge on any atom is -0.507 e. The zero-order valence-electron chi connectivity index (χ0n) is 12.7. The molecule has 118 valence electrons. The van der Waals surface area contributed by atoms with E-state index in [1.807, 2.05) is 6.07 Å². The van der Waals surface area contributed by atoms with Crippen LogP contribution in [0.25, 0.3) is 10.8 Å². The first-order valence-electron chi connectivity index (χ1n) is 7.02. The molecular formula is C17H17N3O3. The lowest BCUT2D eigenvalue weighted by Gasteiger charge is -2.13. The average Bonchev–Trinajstić information content (AvgIpc) is 2.54. The number of nitrogens with zero attached hydrogens (tertiary/aromatic N) is 2. The van der Waals surface area contributed by atoms with Crippen molar-refractivity contribution in [1.29, 1.82) is 5.26 Å². The van der Waals surface area contributed by atoms with Crippen molar-refractivity contribution in [3.63, 3.8) is 0 Å². The number of phenolic OH excluding ortho intramolecular Hbond substituents is 1. The molecule has 6 nitrogen and oxygen atoms in total. The number of hydrogen-bond acceptors (Lipinski definition) is 5. The third-order valence-electron chi connectivity index (χ3n) is 3.31. The van der Waals surface area contributed by atoms with Gasteiger partial charge in [0.15, 0.2) is 0 Å². The van der Waals surface area contributed by atoms with E-state index in [0.717, 1.165) is 0 Å². The van der Waals surface area contributed by atoms with Gasteiger partial charge in [0.25, 0.3) is 5.91 Å². The molecule has 0 spiro atoms. The monoisotopic (exact) mass is 311 g/mol. The summed E-state index contributed by atoms with van der Waals surface area (Å²) in [6, 6.07) is 12.0. The predicted molar refractivity (Wildman–Crippen MR) is 87.7 cm³/mol. The Morgan fingerprint density at radius 2 is 2.00 bits per heavy atom. The van der Waals surface area contributed by atoms with Crippen LogP contribution >= 0.6 is 0 Å². The minimum absolute atomic E-state index is 0.0712. The Morgan fingerprint density at radius 3 is 2.70 bits per heavy atom. The third kappa shape index (κ3) is 3.78. The first-order chi connectivity index (χ1) is 11.1. The second-order valence-electron chi connectivity index (χ2n) is 4.99. The van der Waals surface area contributed by atoms with Crippen molar-refractivity contribution in [2.75, 3.05) is 25.5 Å². The van der Waals surface area contributed by atoms with Crippen LogP contribution in [0.3, 0.4) is 0 Å². The van der Waals surface area contributed by atoms with Gasteiger partial charge in [0.1, 0.15) is 17.4 Å². The quantitative estimate of drug-likeness (QED) is 0.578. The topological polar surface area (TPSA) is 96.6 Å². The van der Waals surface area contributed by atoms with Crippen LogP contribution < -0.4 is 5.32 Å². The maximum atomic E-state index is 12.3. The first kappa shape index (κ1) is 16.3. The van der Waals surface area contributed by atoms with Crippen LogP contribution in [0.5, 0.6) is 5.75 Å². The molecule has 0 fully saturated rings. The number of carbonyl (C=O) groups is 1. The summed E-state index contributed by atoms with van der Waals surface area (Å²) in [5.74, 6) is -0.426. The lowest BCUT2D eigenvalue weighted by Crippen LogP contribution is -2.20. The van der Waals surface area contributed by atoms with E-state index in [0.29, 0.717) is 23.0 Å². The molecule has 0 atom stereocenters. The number of rotatable bonds is 5. The van der Waals surface area contributed by atoms with Gasteiger partial charge < -0.3 is 20.4 Å². The molecule has 0 aliphatic carbocycles. The highest BCUT2D eigenvalue weighted by molar-refractivity contribution is 6.11. The van der Waals surface area contributed by atoms with Gasteiger partial charge in [0.2, 0.25) is 0 Å². The maximum absolute atomic E-state index is 12.3. The Morgan fingerprint density at radius 1 is 1.30 bits per heavy atom. The molecule has 6 heteroatoms. The number of fused-ring (bicyclic) bond motifs is 1. The van der Waals surface area contributed by atoms with Crippen LogP contribution in [0.15, 0.2) is 48.2 Å². The van der Waals surface area contributed by atoms with E-state index < -0.39 is 5.91 Å². The van der Waals surface area contributed by atoms with E-state index >= 15 is 0 Å². The number of carbonyl (C=O) groups excluding carboxylic acids is 1. The third-order valence-corrected chi connectivity index (χ3v) is 3.31. The van der Waals surface area contributed by atoms with E-state index in [1.54, 1.807) is 48.3 Å². The standard InChI is InChI=1S/C17H17N3O3/c1-20(8-9-21)11-12(10-18)17(23)19-15-6-2-5-14-13(15)4-3-7-16(14)22/h2-7,11,21-22H,8-9H2,1H3,(H,19,23)/b12-11-. The molecule has 0 aliphatic heterocycles. The van der Waals surface area contributed by atoms with Crippen LogP contribution in [0, 0.1) is 11.3 Å². The molecule has 0 aliphatic rings. The molecule has 0 unspecified atom stereocenters. The normalized spacial score (nSPS) is 11.1. The Kier molecular flexibility index (Phi) is 5.18. The second-order valence-corrected chi connectivity index (χ2v) is 4.99. The van der Waals surface area contributed by atoms with Crippen molar-refractivity contribution in [1.82, 2.24) is 4.90 Å². The van der Waals surface area contributed by atoms with Crippen LogP contribution in [-0.2, 0) is 4.79 Å². The fourth-order valence-electron chi connectivity index (χ4n) is 2.17. The molecule has 2 rings (SSSR count). The number of aromatic hydroxyl groups is 1. The van der Waals surface area contributed by atoms with Crippen molar-refractivity contribution < 1.29 is 15.0 Å². The Balaban J connectivity index is 2.30. The first-order valence-corrected chi connectivity index (χ1v) is 7.02. The van der Waals surface area contributed by atoms with Crippen molar-refractivity contribution in [2.24, 2.45) is 0 Å². The van der Waals surface area contributed by atoms with E-state index in [1.165, 1.54) is 6.20 Å². The highest BCUT2D eigenvalue weighted by Gasteiger charge is 2.12. The van der Waals surface area contributed by atoms with Crippen LogP contribution in [0.4, 0.5) is 5.69 Å². The average molecular weight is 311 g/mol. The highest BCUT2D eigenvalue weighted by Crippen LogP contribution is 2.29. The fraction of sp³-hybridized carbons (Fsp3) is 0.176. The van der Waals surface area contributed by atoms with Crippen molar-refractivity contribution in [3.8, 4) is 11.8 Å². The number of benzene rings is 2. The van der Waals surface area contributed by atoms with Gasteiger partial charge in [-0.05, 0) is 12.1 Å². The van der Waals surface area contributed by atoms with Crippen LogP contribution in [0.2, 0.25) is 0 Å². The van der Waals surface area contributed by atoms with E-state index in [2.05, 4.69) is 5.32 Å². The van der Waals surface area contributed by atoms with Gasteiger partial charge in [-0.3, -0.25) is 4.79 Å². The number of amides is 1. The van der Waals surface area contributed by atoms with E-state index in [-0.39, 0.29) is 17.9 Å². The van der Waals surface area contributed by atoms with Gasteiger partial charge in [0, 0.05) is 36.3 Å². The van der Waals surface area contributed by atoms with Crippen molar-refractivity contribution in [2.45, 2.75) is 0 Å². The molecule has 1 amide bonds. The summed E-state index contributed by atoms with van der Waals surface area (Å²) in [5.41, 5.74) is 0.437. The fourth-order valence-corrected chi connectivity index (χ4v) is 2.17. The van der Waals surface area contributed by atoms with E-state index in [4.69, 9.17) is 10.4 Å². The number of nitriles is 1. The zero-order chi connectivity index (χ0) is 16.8. The number of likely N-dealkylation sites (N-methyl/N-ethyl adjacent to an activating group) is 1. The summed E-state index contributed by atoms with van der Waals surface area (Å²) < 4.78 is 0. The number of anilines is 1. The largest absolute Gasteiger partial charge is 0.507 e. The van der Waals surface area contributed by atoms with Gasteiger partial charge in [-0.15, -0.1) is 0 Å². The molecule has 23 heavy (non-hydrogen) atoms. The van der Waals surface area contributed by atoms with Gasteiger partial charge in [-0.1, -0.05) is 24.3 Å². The summed E-state index contributed by atoms with van der Waals surface area (Å²) in [7, 11) is 1.66. The SMILES string of the molecule is CN(/C=C(/C#N)C(=O)Nc1cccc2c(O)cccc12)CCO. The van der Waals surface area contributed by atoms with Gasteiger partial charge >= 0.3 is 0 Å². The Hall–Kier alpha value is -3.04. The molecule has 2 aromatic carbocycles. The molecule has 0 radical (unpaired) electrons. The highest BCUT2D eigenvalue weighted by atomic mass is 16.3. The lowest BCUT2D eigenvalue weighted by atomic mass is 10.1. The zero-order valence-corrected chi connectivity index (χ0v) is 12.7. The number of aliphatic hydroxyl groups excluding tert-OH is 1. The number of hydrogen-bond donors (Lipinski definition) is 3. The molecule has 3 N–H and O–H groups in total. The maximum Gasteiger partial charge on any atom is 0.267 e. The number of phenols is 1. The summed E-state index contributed by atoms with van der Waals surface area (Å²) in [5, 5.41) is 31.8. The Bertz CT molecular complexity index is 793. The van der Waals surface area contributed by atoms with Crippen LogP contribution in [0.1, 0.15) is 0 Å². The summed E-state index contributed by atoms with van der Waals surface area (Å²) >= 11 is 0. The molecular weight excluding hydrogens is 294 g/mol. The van der Waals surface area contributed by atoms with Gasteiger partial charge in [-0.2, -0.15) is 5.26 Å². The summed E-state index contributed by atoms with van der Waals surface area (Å²) in [6.07, 6.45) is 1.38. The smallest absolute Gasteiger partial charge is 0.267 e. The Labute approximate surface area is 133 Å².